The molecule has 0 radical (unpaired) electrons. The third-order valence-corrected chi connectivity index (χ3v) is 5.83. The van der Waals surface area contributed by atoms with Gasteiger partial charge in [-0.15, -0.1) is 0 Å². The maximum Gasteiger partial charge on any atom is 0.257 e. The summed E-state index contributed by atoms with van der Waals surface area (Å²) in [5.41, 5.74) is 10.6. The number of fused-ring (bicyclic) bond motifs is 2. The molecule has 0 saturated carbocycles. The summed E-state index contributed by atoms with van der Waals surface area (Å²) in [6.07, 6.45) is 1.65. The standard InChI is InChI=1S/C28H26N6O3/c1-3-37-21-14-10-19(11-15-21)17-31-34-26(29)24(25-27(34)33-23-7-5-4-6-22(23)32-25)28(35)30-16-18-8-12-20(36-2)13-9-18/h4-15,17H,3,16,29H2,1-2H3,(H,30,35)/b31-17-. The van der Waals surface area contributed by atoms with Crippen LogP contribution in [0.3, 0.4) is 0 Å². The Morgan fingerprint density at radius 2 is 1.68 bits per heavy atom. The van der Waals surface area contributed by atoms with E-state index in [2.05, 4.69) is 10.4 Å². The van der Waals surface area contributed by atoms with Crippen LogP contribution in [0.2, 0.25) is 0 Å². The normalized spacial score (nSPS) is 11.3. The number of rotatable bonds is 8. The Hall–Kier alpha value is -4.92. The SMILES string of the molecule is CCOc1ccc(/C=N\n2c(N)c(C(=O)NCc3ccc(OC)cc3)c3nc4ccccc4nc32)cc1. The highest BCUT2D eigenvalue weighted by molar-refractivity contribution is 6.10. The van der Waals surface area contributed by atoms with Crippen LogP contribution in [0.25, 0.3) is 22.2 Å². The maximum absolute atomic E-state index is 13.3. The molecule has 2 heterocycles. The van der Waals surface area contributed by atoms with Gasteiger partial charge in [0.15, 0.2) is 5.65 Å². The molecule has 0 atom stereocenters. The van der Waals surface area contributed by atoms with Gasteiger partial charge in [0.2, 0.25) is 0 Å². The van der Waals surface area contributed by atoms with Gasteiger partial charge in [0, 0.05) is 6.54 Å². The number of amides is 1. The van der Waals surface area contributed by atoms with Gasteiger partial charge in [-0.2, -0.15) is 9.78 Å². The van der Waals surface area contributed by atoms with Gasteiger partial charge in [-0.1, -0.05) is 24.3 Å². The van der Waals surface area contributed by atoms with Gasteiger partial charge in [-0.25, -0.2) is 9.97 Å². The molecular formula is C28H26N6O3. The van der Waals surface area contributed by atoms with Crippen LogP contribution in [0, 0.1) is 0 Å². The Bertz CT molecular complexity index is 1590. The molecule has 1 amide bonds. The van der Waals surface area contributed by atoms with Gasteiger partial charge in [0.05, 0.1) is 31.0 Å². The first-order chi connectivity index (χ1) is 18.1. The van der Waals surface area contributed by atoms with Crippen LogP contribution < -0.4 is 20.5 Å². The van der Waals surface area contributed by atoms with Crippen molar-refractivity contribution in [1.29, 1.82) is 0 Å². The summed E-state index contributed by atoms with van der Waals surface area (Å²) in [5.74, 6) is 1.31. The average Bonchev–Trinajstić information content (AvgIpc) is 3.20. The summed E-state index contributed by atoms with van der Waals surface area (Å²) in [7, 11) is 1.61. The number of nitrogens with two attached hydrogens (primary N) is 1. The van der Waals surface area contributed by atoms with Crippen LogP contribution in [-0.4, -0.2) is 40.5 Å². The number of nitrogens with zero attached hydrogens (tertiary/aromatic N) is 4. The highest BCUT2D eigenvalue weighted by atomic mass is 16.5. The van der Waals surface area contributed by atoms with Crippen LogP contribution in [0.4, 0.5) is 5.82 Å². The van der Waals surface area contributed by atoms with Gasteiger partial charge in [0.1, 0.15) is 28.4 Å². The van der Waals surface area contributed by atoms with Gasteiger partial charge < -0.3 is 20.5 Å². The van der Waals surface area contributed by atoms with Crippen LogP contribution in [-0.2, 0) is 6.54 Å². The zero-order chi connectivity index (χ0) is 25.8. The number of carbonyl (C=O) groups excluding carboxylic acids is 1. The van der Waals surface area contributed by atoms with Crippen molar-refractivity contribution >= 4 is 40.1 Å². The van der Waals surface area contributed by atoms with Crippen molar-refractivity contribution in [2.45, 2.75) is 13.5 Å². The summed E-state index contributed by atoms with van der Waals surface area (Å²) in [6, 6.07) is 22.4. The van der Waals surface area contributed by atoms with Crippen molar-refractivity contribution in [3.05, 3.63) is 89.5 Å². The third kappa shape index (κ3) is 4.92. The second-order valence-electron chi connectivity index (χ2n) is 8.23. The number of anilines is 1. The molecular weight excluding hydrogens is 468 g/mol. The second kappa shape index (κ2) is 10.4. The van der Waals surface area contributed by atoms with Crippen LogP contribution in [0.15, 0.2) is 77.9 Å². The van der Waals surface area contributed by atoms with Crippen LogP contribution >= 0.6 is 0 Å². The van der Waals surface area contributed by atoms with E-state index in [-0.39, 0.29) is 17.3 Å². The summed E-state index contributed by atoms with van der Waals surface area (Å²) in [6.45, 7) is 2.84. The average molecular weight is 495 g/mol. The van der Waals surface area contributed by atoms with Crippen LogP contribution in [0.5, 0.6) is 11.5 Å². The molecule has 5 aromatic rings. The van der Waals surface area contributed by atoms with E-state index in [0.717, 1.165) is 22.6 Å². The minimum atomic E-state index is -0.363. The maximum atomic E-state index is 13.3. The number of hydrogen-bond donors (Lipinski definition) is 2. The molecule has 0 aliphatic carbocycles. The molecule has 3 aromatic carbocycles. The molecule has 37 heavy (non-hydrogen) atoms. The van der Waals surface area contributed by atoms with Gasteiger partial charge >= 0.3 is 0 Å². The molecule has 2 aromatic heterocycles. The number of benzene rings is 3. The summed E-state index contributed by atoms with van der Waals surface area (Å²) in [5, 5.41) is 7.49. The predicted octanol–water partition coefficient (Wildman–Crippen LogP) is 4.39. The molecule has 0 fully saturated rings. The molecule has 0 unspecified atom stereocenters. The van der Waals surface area contributed by atoms with Crippen molar-refractivity contribution in [2.24, 2.45) is 5.10 Å². The number of carbonyl (C=O) groups is 1. The zero-order valence-corrected chi connectivity index (χ0v) is 20.5. The minimum Gasteiger partial charge on any atom is -0.497 e. The topological polar surface area (TPSA) is 117 Å². The van der Waals surface area contributed by atoms with E-state index in [1.165, 1.54) is 4.68 Å². The largest absolute Gasteiger partial charge is 0.497 e. The molecule has 0 aliphatic heterocycles. The Balaban J connectivity index is 1.51. The van der Waals surface area contributed by atoms with Gasteiger partial charge in [-0.3, -0.25) is 4.79 Å². The number of nitrogen functional groups attached to an aromatic ring is 1. The van der Waals surface area contributed by atoms with E-state index in [0.29, 0.717) is 35.3 Å². The molecule has 9 nitrogen and oxygen atoms in total. The molecule has 0 aliphatic rings. The lowest BCUT2D eigenvalue weighted by Crippen LogP contribution is -2.23. The Kier molecular flexibility index (Phi) is 6.67. The number of ether oxygens (including phenoxy) is 2. The molecule has 0 bridgehead atoms. The van der Waals surface area contributed by atoms with E-state index in [1.807, 2.05) is 79.7 Å². The Morgan fingerprint density at radius 3 is 2.35 bits per heavy atom. The highest BCUT2D eigenvalue weighted by Crippen LogP contribution is 2.28. The monoisotopic (exact) mass is 494 g/mol. The minimum absolute atomic E-state index is 0.153. The van der Waals surface area contributed by atoms with E-state index in [4.69, 9.17) is 25.2 Å². The molecule has 186 valence electrons. The van der Waals surface area contributed by atoms with Crippen molar-refractivity contribution in [2.75, 3.05) is 19.5 Å². The molecule has 9 heteroatoms. The fourth-order valence-corrected chi connectivity index (χ4v) is 3.94. The number of aromatic nitrogens is 3. The lowest BCUT2D eigenvalue weighted by atomic mass is 10.2. The van der Waals surface area contributed by atoms with E-state index < -0.39 is 0 Å². The number of para-hydroxylation sites is 2. The Labute approximate surface area is 213 Å². The van der Waals surface area contributed by atoms with E-state index in [1.54, 1.807) is 13.3 Å². The quantitative estimate of drug-likeness (QED) is 0.309. The van der Waals surface area contributed by atoms with Crippen molar-refractivity contribution in [3.8, 4) is 11.5 Å². The fraction of sp³-hybridized carbons (Fsp3) is 0.143. The predicted molar refractivity (Wildman–Crippen MR) is 144 cm³/mol. The first-order valence-corrected chi connectivity index (χ1v) is 11.8. The summed E-state index contributed by atoms with van der Waals surface area (Å²) >= 11 is 0. The molecule has 0 saturated heterocycles. The smallest absolute Gasteiger partial charge is 0.257 e. The zero-order valence-electron chi connectivity index (χ0n) is 20.5. The van der Waals surface area contributed by atoms with Crippen molar-refractivity contribution in [3.63, 3.8) is 0 Å². The van der Waals surface area contributed by atoms with Crippen LogP contribution in [0.1, 0.15) is 28.4 Å². The summed E-state index contributed by atoms with van der Waals surface area (Å²) < 4.78 is 12.1. The lowest BCUT2D eigenvalue weighted by molar-refractivity contribution is 0.0953. The Morgan fingerprint density at radius 1 is 1.00 bits per heavy atom. The van der Waals surface area contributed by atoms with Gasteiger partial charge in [-0.05, 0) is 66.6 Å². The van der Waals surface area contributed by atoms with Crippen molar-refractivity contribution < 1.29 is 14.3 Å². The van der Waals surface area contributed by atoms with Gasteiger partial charge in [0.25, 0.3) is 5.91 Å². The highest BCUT2D eigenvalue weighted by Gasteiger charge is 2.24. The van der Waals surface area contributed by atoms with Crippen molar-refractivity contribution in [1.82, 2.24) is 20.0 Å². The molecule has 5 rings (SSSR count). The molecule has 3 N–H and O–H groups in total. The number of nitrogens with one attached hydrogen (secondary N) is 1. The molecule has 0 spiro atoms. The lowest BCUT2D eigenvalue weighted by Gasteiger charge is -2.07. The van der Waals surface area contributed by atoms with E-state index >= 15 is 0 Å². The number of hydrogen-bond acceptors (Lipinski definition) is 7. The number of methoxy groups -OCH3 is 1. The first-order valence-electron chi connectivity index (χ1n) is 11.8. The third-order valence-electron chi connectivity index (χ3n) is 5.83. The fourth-order valence-electron chi connectivity index (χ4n) is 3.94. The second-order valence-corrected chi connectivity index (χ2v) is 8.23. The summed E-state index contributed by atoms with van der Waals surface area (Å²) in [4.78, 5) is 22.8. The van der Waals surface area contributed by atoms with E-state index in [9.17, 15) is 4.79 Å². The first kappa shape index (κ1) is 23.8.